The number of nitrogens with zero attached hydrogens (tertiary/aromatic N) is 3. The largest absolute Gasteiger partial charge is 0.444 e. The number of pyridine rings is 1. The SMILES string of the molecule is CC(Nc1ccc(C(=O)N2CCC(NC(=O)OC(C)(C)C)CC2)cc1[N+](=O)[O-])c1ccccn1. The van der Waals surface area contributed by atoms with Gasteiger partial charge in [0, 0.05) is 37.0 Å². The summed E-state index contributed by atoms with van der Waals surface area (Å²) >= 11 is 0. The zero-order valence-corrected chi connectivity index (χ0v) is 19.9. The van der Waals surface area contributed by atoms with Crippen LogP contribution < -0.4 is 10.6 Å². The monoisotopic (exact) mass is 469 g/mol. The van der Waals surface area contributed by atoms with E-state index in [9.17, 15) is 19.7 Å². The number of likely N-dealkylation sites (tertiary alicyclic amines) is 1. The number of amides is 2. The summed E-state index contributed by atoms with van der Waals surface area (Å²) in [6.45, 7) is 8.13. The molecule has 0 bridgehead atoms. The van der Waals surface area contributed by atoms with Gasteiger partial charge in [-0.15, -0.1) is 0 Å². The molecule has 182 valence electrons. The number of ether oxygens (including phenoxy) is 1. The Bertz CT molecular complexity index is 1030. The summed E-state index contributed by atoms with van der Waals surface area (Å²) in [4.78, 5) is 42.1. The molecule has 2 amide bonds. The molecule has 2 heterocycles. The second kappa shape index (κ2) is 10.5. The van der Waals surface area contributed by atoms with Crippen LogP contribution in [-0.2, 0) is 4.74 Å². The standard InChI is InChI=1S/C24H31N5O5/c1-16(19-7-5-6-12-25-19)26-20-9-8-17(15-21(20)29(32)33)22(30)28-13-10-18(11-14-28)27-23(31)34-24(2,3)4/h5-9,12,15-16,18,26H,10-11,13-14H2,1-4H3,(H,27,31). The third-order valence-electron chi connectivity index (χ3n) is 5.45. The summed E-state index contributed by atoms with van der Waals surface area (Å²) in [5, 5.41) is 17.7. The zero-order valence-electron chi connectivity index (χ0n) is 19.9. The molecule has 1 atom stereocenters. The van der Waals surface area contributed by atoms with Crippen LogP contribution in [0, 0.1) is 10.1 Å². The van der Waals surface area contributed by atoms with Crippen molar-refractivity contribution >= 4 is 23.4 Å². The number of anilines is 1. The zero-order chi connectivity index (χ0) is 24.9. The molecule has 1 aliphatic heterocycles. The average Bonchev–Trinajstić information content (AvgIpc) is 2.78. The first kappa shape index (κ1) is 24.9. The van der Waals surface area contributed by atoms with Gasteiger partial charge in [0.25, 0.3) is 11.6 Å². The summed E-state index contributed by atoms with van der Waals surface area (Å²) < 4.78 is 5.28. The molecule has 2 aromatic rings. The van der Waals surface area contributed by atoms with Crippen molar-refractivity contribution in [3.8, 4) is 0 Å². The lowest BCUT2D eigenvalue weighted by atomic mass is 10.0. The fourth-order valence-corrected chi connectivity index (χ4v) is 3.76. The van der Waals surface area contributed by atoms with Gasteiger partial charge in [-0.2, -0.15) is 0 Å². The van der Waals surface area contributed by atoms with E-state index in [1.807, 2.05) is 19.1 Å². The minimum Gasteiger partial charge on any atom is -0.444 e. The quantitative estimate of drug-likeness (QED) is 0.477. The number of carbonyl (C=O) groups is 2. The van der Waals surface area contributed by atoms with Gasteiger partial charge in [-0.05, 0) is 64.8 Å². The highest BCUT2D eigenvalue weighted by molar-refractivity contribution is 5.95. The molecule has 1 fully saturated rings. The maximum Gasteiger partial charge on any atom is 0.407 e. The number of nitro benzene ring substituents is 1. The Balaban J connectivity index is 1.63. The molecule has 0 aliphatic carbocycles. The molecule has 34 heavy (non-hydrogen) atoms. The molecule has 0 spiro atoms. The van der Waals surface area contributed by atoms with Gasteiger partial charge < -0.3 is 20.3 Å². The van der Waals surface area contributed by atoms with E-state index >= 15 is 0 Å². The maximum atomic E-state index is 13.0. The van der Waals surface area contributed by atoms with Crippen LogP contribution in [-0.4, -0.2) is 51.5 Å². The number of alkyl carbamates (subject to hydrolysis) is 1. The van der Waals surface area contributed by atoms with Gasteiger partial charge in [-0.1, -0.05) is 6.07 Å². The molecular weight excluding hydrogens is 438 g/mol. The van der Waals surface area contributed by atoms with Crippen molar-refractivity contribution in [1.29, 1.82) is 0 Å². The van der Waals surface area contributed by atoms with E-state index in [4.69, 9.17) is 4.74 Å². The third kappa shape index (κ3) is 6.66. The van der Waals surface area contributed by atoms with Crippen LogP contribution in [0.4, 0.5) is 16.2 Å². The number of hydrogen-bond donors (Lipinski definition) is 2. The van der Waals surface area contributed by atoms with Crippen LogP contribution in [0.2, 0.25) is 0 Å². The maximum absolute atomic E-state index is 13.0. The lowest BCUT2D eigenvalue weighted by Crippen LogP contribution is -2.47. The predicted octanol–water partition coefficient (Wildman–Crippen LogP) is 4.29. The third-order valence-corrected chi connectivity index (χ3v) is 5.45. The Labute approximate surface area is 198 Å². The average molecular weight is 470 g/mol. The molecule has 10 nitrogen and oxygen atoms in total. The van der Waals surface area contributed by atoms with Gasteiger partial charge in [0.15, 0.2) is 0 Å². The van der Waals surface area contributed by atoms with Gasteiger partial charge in [-0.25, -0.2) is 4.79 Å². The van der Waals surface area contributed by atoms with E-state index in [0.29, 0.717) is 31.6 Å². The van der Waals surface area contributed by atoms with Crippen molar-refractivity contribution in [1.82, 2.24) is 15.2 Å². The van der Waals surface area contributed by atoms with Crippen LogP contribution in [0.5, 0.6) is 0 Å². The molecule has 1 aromatic heterocycles. The Morgan fingerprint density at radius 3 is 2.50 bits per heavy atom. The minimum atomic E-state index is -0.577. The van der Waals surface area contributed by atoms with Crippen LogP contribution in [0.3, 0.4) is 0 Å². The number of piperidine rings is 1. The Morgan fingerprint density at radius 2 is 1.91 bits per heavy atom. The number of rotatable bonds is 6. The highest BCUT2D eigenvalue weighted by atomic mass is 16.6. The second-order valence-electron chi connectivity index (χ2n) is 9.32. The summed E-state index contributed by atoms with van der Waals surface area (Å²) in [6.07, 6.45) is 2.34. The first-order valence-corrected chi connectivity index (χ1v) is 11.3. The van der Waals surface area contributed by atoms with Crippen molar-refractivity contribution in [2.75, 3.05) is 18.4 Å². The van der Waals surface area contributed by atoms with Gasteiger partial charge in [0.2, 0.25) is 0 Å². The van der Waals surface area contributed by atoms with Gasteiger partial charge in [-0.3, -0.25) is 19.9 Å². The smallest absolute Gasteiger partial charge is 0.407 e. The van der Waals surface area contributed by atoms with E-state index in [-0.39, 0.29) is 29.2 Å². The van der Waals surface area contributed by atoms with Crippen LogP contribution in [0.1, 0.15) is 62.6 Å². The molecule has 0 saturated carbocycles. The summed E-state index contributed by atoms with van der Waals surface area (Å²) in [6, 6.07) is 9.60. The van der Waals surface area contributed by atoms with Gasteiger partial charge in [0.1, 0.15) is 11.3 Å². The molecule has 2 N–H and O–H groups in total. The Morgan fingerprint density at radius 1 is 1.21 bits per heavy atom. The first-order chi connectivity index (χ1) is 16.0. The molecule has 1 aromatic carbocycles. The highest BCUT2D eigenvalue weighted by Gasteiger charge is 2.28. The van der Waals surface area contributed by atoms with E-state index < -0.39 is 16.6 Å². The summed E-state index contributed by atoms with van der Waals surface area (Å²) in [5.74, 6) is -0.275. The molecule has 1 saturated heterocycles. The number of carbonyl (C=O) groups excluding carboxylic acids is 2. The van der Waals surface area contributed by atoms with Crippen molar-refractivity contribution in [2.45, 2.75) is 58.2 Å². The highest BCUT2D eigenvalue weighted by Crippen LogP contribution is 2.29. The summed E-state index contributed by atoms with van der Waals surface area (Å²) in [5.41, 5.74) is 0.572. The van der Waals surface area contributed by atoms with Crippen LogP contribution >= 0.6 is 0 Å². The molecule has 0 radical (unpaired) electrons. The first-order valence-electron chi connectivity index (χ1n) is 11.3. The van der Waals surface area contributed by atoms with E-state index in [2.05, 4.69) is 15.6 Å². The van der Waals surface area contributed by atoms with Crippen molar-refractivity contribution in [2.24, 2.45) is 0 Å². The molecular formula is C24H31N5O5. The lowest BCUT2D eigenvalue weighted by molar-refractivity contribution is -0.384. The molecule has 3 rings (SSSR count). The number of nitro groups is 1. The normalized spacial score (nSPS) is 15.4. The molecule has 10 heteroatoms. The Kier molecular flexibility index (Phi) is 7.70. The second-order valence-corrected chi connectivity index (χ2v) is 9.32. The fraction of sp³-hybridized carbons (Fsp3) is 0.458. The number of nitrogens with one attached hydrogen (secondary N) is 2. The van der Waals surface area contributed by atoms with Gasteiger partial charge in [0.05, 0.1) is 16.7 Å². The van der Waals surface area contributed by atoms with E-state index in [1.165, 1.54) is 6.07 Å². The van der Waals surface area contributed by atoms with E-state index in [1.54, 1.807) is 50.1 Å². The summed E-state index contributed by atoms with van der Waals surface area (Å²) in [7, 11) is 0. The van der Waals surface area contributed by atoms with Crippen molar-refractivity contribution in [3.63, 3.8) is 0 Å². The molecule has 1 aliphatic rings. The topological polar surface area (TPSA) is 127 Å². The van der Waals surface area contributed by atoms with Crippen molar-refractivity contribution < 1.29 is 19.2 Å². The van der Waals surface area contributed by atoms with Crippen LogP contribution in [0.15, 0.2) is 42.6 Å². The van der Waals surface area contributed by atoms with Crippen molar-refractivity contribution in [3.05, 3.63) is 64.0 Å². The lowest BCUT2D eigenvalue weighted by Gasteiger charge is -2.33. The van der Waals surface area contributed by atoms with E-state index in [0.717, 1.165) is 5.69 Å². The number of hydrogen-bond acceptors (Lipinski definition) is 7. The molecule has 1 unspecified atom stereocenters. The Hall–Kier alpha value is -3.69. The number of benzene rings is 1. The predicted molar refractivity (Wildman–Crippen MR) is 128 cm³/mol. The van der Waals surface area contributed by atoms with Gasteiger partial charge >= 0.3 is 6.09 Å². The van der Waals surface area contributed by atoms with Crippen LogP contribution in [0.25, 0.3) is 0 Å². The minimum absolute atomic E-state index is 0.0899. The fourth-order valence-electron chi connectivity index (χ4n) is 3.76. The number of aromatic nitrogens is 1.